The Kier molecular flexibility index (Phi) is 4.40. The standard InChI is InChI=1S/C16H20N4OS/c1-12-5-10-22-15(12)16(21)18-14-4-3-13(11-17-14)20-8-6-19(2)7-9-20/h3-5,10-11H,6-9H2,1-2H3,(H,17,18,21). The summed E-state index contributed by atoms with van der Waals surface area (Å²) in [6.45, 7) is 6.10. The summed E-state index contributed by atoms with van der Waals surface area (Å²) in [5.41, 5.74) is 2.11. The highest BCUT2D eigenvalue weighted by molar-refractivity contribution is 7.12. The van der Waals surface area contributed by atoms with Crippen molar-refractivity contribution in [2.75, 3.05) is 43.4 Å². The van der Waals surface area contributed by atoms with Crippen LogP contribution in [-0.4, -0.2) is 49.0 Å². The average Bonchev–Trinajstić information content (AvgIpc) is 2.95. The predicted molar refractivity (Wildman–Crippen MR) is 91.0 cm³/mol. The number of aromatic nitrogens is 1. The Morgan fingerprint density at radius 2 is 2.00 bits per heavy atom. The quantitative estimate of drug-likeness (QED) is 0.945. The van der Waals surface area contributed by atoms with Crippen molar-refractivity contribution in [3.05, 3.63) is 40.2 Å². The first-order valence-corrected chi connectivity index (χ1v) is 8.26. The van der Waals surface area contributed by atoms with Crippen LogP contribution in [-0.2, 0) is 0 Å². The van der Waals surface area contributed by atoms with Gasteiger partial charge in [-0.1, -0.05) is 0 Å². The maximum Gasteiger partial charge on any atom is 0.267 e. The number of aryl methyl sites for hydroxylation is 1. The van der Waals surface area contributed by atoms with E-state index in [-0.39, 0.29) is 5.91 Å². The fourth-order valence-corrected chi connectivity index (χ4v) is 3.31. The molecular weight excluding hydrogens is 296 g/mol. The molecule has 1 fully saturated rings. The van der Waals surface area contributed by atoms with Gasteiger partial charge >= 0.3 is 0 Å². The van der Waals surface area contributed by atoms with Crippen molar-refractivity contribution in [1.29, 1.82) is 0 Å². The number of nitrogens with one attached hydrogen (secondary N) is 1. The second-order valence-corrected chi connectivity index (χ2v) is 6.49. The van der Waals surface area contributed by atoms with Gasteiger partial charge in [0, 0.05) is 26.2 Å². The number of thiophene rings is 1. The third kappa shape index (κ3) is 3.28. The minimum Gasteiger partial charge on any atom is -0.368 e. The van der Waals surface area contributed by atoms with Gasteiger partial charge in [0.15, 0.2) is 0 Å². The van der Waals surface area contributed by atoms with Crippen LogP contribution in [0.1, 0.15) is 15.2 Å². The number of carbonyl (C=O) groups excluding carboxylic acids is 1. The number of hydrogen-bond donors (Lipinski definition) is 1. The molecule has 1 N–H and O–H groups in total. The lowest BCUT2D eigenvalue weighted by Crippen LogP contribution is -2.44. The van der Waals surface area contributed by atoms with Gasteiger partial charge < -0.3 is 15.1 Å². The zero-order valence-corrected chi connectivity index (χ0v) is 13.7. The van der Waals surface area contributed by atoms with Gasteiger partial charge in [-0.05, 0) is 43.1 Å². The number of nitrogens with zero attached hydrogens (tertiary/aromatic N) is 3. The van der Waals surface area contributed by atoms with Crippen LogP contribution in [0.25, 0.3) is 0 Å². The monoisotopic (exact) mass is 316 g/mol. The summed E-state index contributed by atoms with van der Waals surface area (Å²) in [5, 5.41) is 4.78. The van der Waals surface area contributed by atoms with E-state index in [0.29, 0.717) is 5.82 Å². The molecule has 22 heavy (non-hydrogen) atoms. The van der Waals surface area contributed by atoms with Gasteiger partial charge in [0.05, 0.1) is 16.8 Å². The second kappa shape index (κ2) is 6.46. The number of anilines is 2. The third-order valence-corrected chi connectivity index (χ3v) is 4.94. The molecule has 2 aromatic heterocycles. The third-order valence-electron chi connectivity index (χ3n) is 3.93. The number of pyridine rings is 1. The Labute approximate surface area is 134 Å². The molecule has 0 aromatic carbocycles. The first-order valence-electron chi connectivity index (χ1n) is 7.38. The molecule has 2 aromatic rings. The molecule has 0 atom stereocenters. The minimum atomic E-state index is -0.0904. The van der Waals surface area contributed by atoms with E-state index in [1.54, 1.807) is 0 Å². The van der Waals surface area contributed by atoms with Crippen molar-refractivity contribution in [2.45, 2.75) is 6.92 Å². The number of piperazine rings is 1. The van der Waals surface area contributed by atoms with E-state index in [0.717, 1.165) is 42.3 Å². The summed E-state index contributed by atoms with van der Waals surface area (Å²) in [5.74, 6) is 0.503. The summed E-state index contributed by atoms with van der Waals surface area (Å²) < 4.78 is 0. The molecule has 0 radical (unpaired) electrons. The van der Waals surface area contributed by atoms with Gasteiger partial charge in [-0.25, -0.2) is 4.98 Å². The van der Waals surface area contributed by atoms with E-state index in [1.807, 2.05) is 36.7 Å². The van der Waals surface area contributed by atoms with Crippen molar-refractivity contribution in [3.8, 4) is 0 Å². The number of likely N-dealkylation sites (N-methyl/N-ethyl adjacent to an activating group) is 1. The summed E-state index contributed by atoms with van der Waals surface area (Å²) in [6.07, 6.45) is 1.84. The van der Waals surface area contributed by atoms with Crippen LogP contribution in [0.5, 0.6) is 0 Å². The van der Waals surface area contributed by atoms with Crippen LogP contribution < -0.4 is 10.2 Å². The molecule has 5 nitrogen and oxygen atoms in total. The summed E-state index contributed by atoms with van der Waals surface area (Å²) in [4.78, 5) is 21.9. The molecule has 6 heteroatoms. The van der Waals surface area contributed by atoms with Gasteiger partial charge in [0.25, 0.3) is 5.91 Å². The van der Waals surface area contributed by atoms with E-state index in [2.05, 4.69) is 27.1 Å². The number of hydrogen-bond acceptors (Lipinski definition) is 5. The van der Waals surface area contributed by atoms with Crippen molar-refractivity contribution in [3.63, 3.8) is 0 Å². The van der Waals surface area contributed by atoms with E-state index < -0.39 is 0 Å². The Hall–Kier alpha value is -1.92. The smallest absolute Gasteiger partial charge is 0.267 e. The lowest BCUT2D eigenvalue weighted by molar-refractivity contribution is 0.102. The fourth-order valence-electron chi connectivity index (χ4n) is 2.49. The Morgan fingerprint density at radius 3 is 2.59 bits per heavy atom. The zero-order chi connectivity index (χ0) is 15.5. The lowest BCUT2D eigenvalue weighted by atomic mass is 10.2. The van der Waals surface area contributed by atoms with Gasteiger partial charge in [-0.3, -0.25) is 4.79 Å². The number of rotatable bonds is 3. The molecule has 0 bridgehead atoms. The predicted octanol–water partition coefficient (Wildman–Crippen LogP) is 2.46. The van der Waals surface area contributed by atoms with Crippen LogP contribution in [0.15, 0.2) is 29.8 Å². The highest BCUT2D eigenvalue weighted by Gasteiger charge is 2.15. The highest BCUT2D eigenvalue weighted by Crippen LogP contribution is 2.19. The molecule has 1 aliphatic rings. The fraction of sp³-hybridized carbons (Fsp3) is 0.375. The highest BCUT2D eigenvalue weighted by atomic mass is 32.1. The number of amides is 1. The van der Waals surface area contributed by atoms with E-state index in [9.17, 15) is 4.79 Å². The Morgan fingerprint density at radius 1 is 1.23 bits per heavy atom. The van der Waals surface area contributed by atoms with Gasteiger partial charge in [0.2, 0.25) is 0 Å². The van der Waals surface area contributed by atoms with Crippen LogP contribution in [0.2, 0.25) is 0 Å². The summed E-state index contributed by atoms with van der Waals surface area (Å²) in [7, 11) is 2.14. The SMILES string of the molecule is Cc1ccsc1C(=O)Nc1ccc(N2CCN(C)CC2)cn1. The summed E-state index contributed by atoms with van der Waals surface area (Å²) in [6, 6.07) is 5.84. The largest absolute Gasteiger partial charge is 0.368 e. The first-order chi connectivity index (χ1) is 10.6. The van der Waals surface area contributed by atoms with Crippen molar-refractivity contribution in [1.82, 2.24) is 9.88 Å². The topological polar surface area (TPSA) is 48.5 Å². The van der Waals surface area contributed by atoms with Crippen molar-refractivity contribution < 1.29 is 4.79 Å². The molecule has 0 aliphatic carbocycles. The molecule has 0 unspecified atom stereocenters. The van der Waals surface area contributed by atoms with E-state index in [1.165, 1.54) is 11.3 Å². The molecule has 3 rings (SSSR count). The second-order valence-electron chi connectivity index (χ2n) is 5.58. The van der Waals surface area contributed by atoms with E-state index >= 15 is 0 Å². The normalized spacial score (nSPS) is 15.8. The van der Waals surface area contributed by atoms with Crippen molar-refractivity contribution in [2.24, 2.45) is 0 Å². The molecule has 1 amide bonds. The van der Waals surface area contributed by atoms with Gasteiger partial charge in [-0.15, -0.1) is 11.3 Å². The van der Waals surface area contributed by atoms with Crippen LogP contribution in [0.4, 0.5) is 11.5 Å². The first kappa shape index (κ1) is 15.0. The minimum absolute atomic E-state index is 0.0904. The van der Waals surface area contributed by atoms with Crippen molar-refractivity contribution >= 4 is 28.7 Å². The summed E-state index contributed by atoms with van der Waals surface area (Å²) >= 11 is 1.45. The maximum atomic E-state index is 12.2. The van der Waals surface area contributed by atoms with Crippen LogP contribution in [0, 0.1) is 6.92 Å². The zero-order valence-electron chi connectivity index (χ0n) is 12.9. The Balaban J connectivity index is 1.64. The molecule has 3 heterocycles. The van der Waals surface area contributed by atoms with Gasteiger partial charge in [-0.2, -0.15) is 0 Å². The average molecular weight is 316 g/mol. The molecule has 0 spiro atoms. The van der Waals surface area contributed by atoms with E-state index in [4.69, 9.17) is 0 Å². The van der Waals surface area contributed by atoms with Gasteiger partial charge in [0.1, 0.15) is 5.82 Å². The molecule has 1 aliphatic heterocycles. The van der Waals surface area contributed by atoms with Crippen LogP contribution >= 0.6 is 11.3 Å². The van der Waals surface area contributed by atoms with Crippen LogP contribution in [0.3, 0.4) is 0 Å². The molecule has 116 valence electrons. The lowest BCUT2D eigenvalue weighted by Gasteiger charge is -2.33. The molecular formula is C16H20N4OS. The maximum absolute atomic E-state index is 12.2. The molecule has 1 saturated heterocycles. The molecule has 0 saturated carbocycles. The Bertz CT molecular complexity index is 644. The number of carbonyl (C=O) groups is 1.